The van der Waals surface area contributed by atoms with E-state index in [0.29, 0.717) is 11.8 Å². The molecule has 4 aromatic carbocycles. The zero-order valence-corrected chi connectivity index (χ0v) is 25.6. The van der Waals surface area contributed by atoms with Crippen LogP contribution < -0.4 is 0 Å². The summed E-state index contributed by atoms with van der Waals surface area (Å²) in [4.78, 5) is 10.2. The molecule has 3 aliphatic carbocycles. The molecule has 1 aromatic heterocycles. The van der Waals surface area contributed by atoms with Gasteiger partial charge in [0.05, 0.1) is 11.4 Å². The molecule has 0 aliphatic heterocycles. The molecule has 2 atom stereocenters. The maximum Gasteiger partial charge on any atom is 0.160 e. The quantitative estimate of drug-likeness (QED) is 0.215. The number of rotatable bonds is 4. The van der Waals surface area contributed by atoms with Crippen molar-refractivity contribution >= 4 is 11.6 Å². The molecular weight excluding hydrogens is 532 g/mol. The summed E-state index contributed by atoms with van der Waals surface area (Å²) >= 11 is 0. The molecule has 0 bridgehead atoms. The second-order valence-corrected chi connectivity index (χ2v) is 13.0. The minimum atomic E-state index is 0.00918. The molecular formula is C42H36N2. The summed E-state index contributed by atoms with van der Waals surface area (Å²) in [6, 6.07) is 36.6. The Kier molecular flexibility index (Phi) is 6.34. The first-order chi connectivity index (χ1) is 21.5. The van der Waals surface area contributed by atoms with Crippen LogP contribution in [0.1, 0.15) is 73.3 Å². The van der Waals surface area contributed by atoms with Gasteiger partial charge in [-0.3, -0.25) is 0 Å². The van der Waals surface area contributed by atoms with Gasteiger partial charge in [0.1, 0.15) is 0 Å². The lowest BCUT2D eigenvalue weighted by atomic mass is 9.73. The number of fused-ring (bicyclic) bond motifs is 4. The number of hydrogen-bond acceptors (Lipinski definition) is 2. The highest BCUT2D eigenvalue weighted by Crippen LogP contribution is 2.54. The van der Waals surface area contributed by atoms with Crippen LogP contribution in [-0.4, -0.2) is 9.97 Å². The molecule has 5 aromatic rings. The van der Waals surface area contributed by atoms with Gasteiger partial charge in [-0.15, -0.1) is 0 Å². The lowest BCUT2D eigenvalue weighted by molar-refractivity contribution is 0.646. The van der Waals surface area contributed by atoms with Crippen LogP contribution >= 0.6 is 0 Å². The monoisotopic (exact) mass is 568 g/mol. The zero-order valence-electron chi connectivity index (χ0n) is 25.6. The van der Waals surface area contributed by atoms with Gasteiger partial charge in [-0.1, -0.05) is 142 Å². The molecule has 0 N–H and O–H groups in total. The van der Waals surface area contributed by atoms with Crippen LogP contribution in [0.2, 0.25) is 0 Å². The zero-order chi connectivity index (χ0) is 29.8. The van der Waals surface area contributed by atoms with Crippen LogP contribution in [0.4, 0.5) is 0 Å². The number of aromatic nitrogens is 2. The van der Waals surface area contributed by atoms with Gasteiger partial charge in [-0.05, 0) is 63.8 Å². The highest BCUT2D eigenvalue weighted by Gasteiger charge is 2.40. The van der Waals surface area contributed by atoms with Crippen molar-refractivity contribution < 1.29 is 0 Å². The predicted octanol–water partition coefficient (Wildman–Crippen LogP) is 10.8. The van der Waals surface area contributed by atoms with Crippen LogP contribution in [0.5, 0.6) is 0 Å². The van der Waals surface area contributed by atoms with E-state index in [4.69, 9.17) is 9.97 Å². The predicted molar refractivity (Wildman–Crippen MR) is 183 cm³/mol. The molecule has 44 heavy (non-hydrogen) atoms. The summed E-state index contributed by atoms with van der Waals surface area (Å²) in [6.07, 6.45) is 11.8. The van der Waals surface area contributed by atoms with Gasteiger partial charge >= 0.3 is 0 Å². The molecule has 0 fully saturated rings. The van der Waals surface area contributed by atoms with E-state index in [1.807, 2.05) is 6.07 Å². The minimum Gasteiger partial charge on any atom is -0.228 e. The summed E-state index contributed by atoms with van der Waals surface area (Å²) < 4.78 is 0. The number of allylic oxidation sites excluding steroid dienone is 5. The smallest absolute Gasteiger partial charge is 0.160 e. The summed E-state index contributed by atoms with van der Waals surface area (Å²) in [5.41, 5.74) is 15.2. The maximum atomic E-state index is 5.19. The van der Waals surface area contributed by atoms with Crippen molar-refractivity contribution in [2.75, 3.05) is 0 Å². The van der Waals surface area contributed by atoms with Crippen molar-refractivity contribution in [1.29, 1.82) is 0 Å². The third kappa shape index (κ3) is 4.32. The van der Waals surface area contributed by atoms with Gasteiger partial charge in [-0.2, -0.15) is 0 Å². The topological polar surface area (TPSA) is 25.8 Å². The molecule has 2 nitrogen and oxygen atoms in total. The van der Waals surface area contributed by atoms with Crippen molar-refractivity contribution in [3.05, 3.63) is 155 Å². The van der Waals surface area contributed by atoms with Crippen LogP contribution in [0, 0.1) is 0 Å². The highest BCUT2D eigenvalue weighted by atomic mass is 14.9. The van der Waals surface area contributed by atoms with Gasteiger partial charge in [0.2, 0.25) is 0 Å². The van der Waals surface area contributed by atoms with Crippen LogP contribution in [-0.2, 0) is 5.41 Å². The van der Waals surface area contributed by atoms with Gasteiger partial charge < -0.3 is 0 Å². The first-order valence-electron chi connectivity index (χ1n) is 15.9. The summed E-state index contributed by atoms with van der Waals surface area (Å²) in [7, 11) is 0. The van der Waals surface area contributed by atoms with Crippen molar-refractivity contribution in [1.82, 2.24) is 9.97 Å². The molecule has 0 saturated carbocycles. The Labute approximate surface area is 260 Å². The van der Waals surface area contributed by atoms with E-state index in [-0.39, 0.29) is 5.41 Å². The molecule has 2 heteroatoms. The second-order valence-electron chi connectivity index (χ2n) is 13.0. The van der Waals surface area contributed by atoms with E-state index in [1.165, 1.54) is 44.5 Å². The normalized spacial score (nSPS) is 19.4. The van der Waals surface area contributed by atoms with E-state index in [2.05, 4.69) is 142 Å². The van der Waals surface area contributed by atoms with E-state index < -0.39 is 0 Å². The fourth-order valence-corrected chi connectivity index (χ4v) is 7.63. The fourth-order valence-electron chi connectivity index (χ4n) is 7.63. The molecule has 0 saturated heterocycles. The second kappa shape index (κ2) is 10.4. The molecule has 8 rings (SSSR count). The Balaban J connectivity index is 1.27. The lowest BCUT2D eigenvalue weighted by Gasteiger charge is -2.31. The molecule has 3 aliphatic rings. The third-order valence-corrected chi connectivity index (χ3v) is 9.89. The average Bonchev–Trinajstić information content (AvgIpc) is 3.31. The van der Waals surface area contributed by atoms with Crippen molar-refractivity contribution in [2.24, 2.45) is 0 Å². The van der Waals surface area contributed by atoms with Gasteiger partial charge in [0.25, 0.3) is 0 Å². The van der Waals surface area contributed by atoms with Crippen LogP contribution in [0.25, 0.3) is 45.6 Å². The Morgan fingerprint density at radius 3 is 2.20 bits per heavy atom. The molecule has 1 heterocycles. The van der Waals surface area contributed by atoms with E-state index in [0.717, 1.165) is 41.2 Å². The Bertz CT molecular complexity index is 1940. The van der Waals surface area contributed by atoms with Gasteiger partial charge in [-0.25, -0.2) is 9.97 Å². The van der Waals surface area contributed by atoms with Crippen molar-refractivity contribution in [3.8, 4) is 33.9 Å². The lowest BCUT2D eigenvalue weighted by Crippen LogP contribution is -2.18. The van der Waals surface area contributed by atoms with Crippen molar-refractivity contribution in [2.45, 2.75) is 50.9 Å². The SMILES string of the molecule is CC1CC=Cc2c(-c3cc(-c4ccccc4)nc(-c4ccccc4)n3)ccc(C3C=C4C(=CC3)c3ccccc3C4(C)C)c21. The average molecular weight is 569 g/mol. The molecule has 0 radical (unpaired) electrons. The van der Waals surface area contributed by atoms with Crippen molar-refractivity contribution in [3.63, 3.8) is 0 Å². The Morgan fingerprint density at radius 1 is 0.705 bits per heavy atom. The van der Waals surface area contributed by atoms with E-state index in [1.54, 1.807) is 0 Å². The van der Waals surface area contributed by atoms with E-state index in [9.17, 15) is 0 Å². The van der Waals surface area contributed by atoms with Crippen LogP contribution in [0.15, 0.2) is 127 Å². The van der Waals surface area contributed by atoms with Gasteiger partial charge in [0.15, 0.2) is 5.82 Å². The third-order valence-electron chi connectivity index (χ3n) is 9.89. The molecule has 0 amide bonds. The Morgan fingerprint density at radius 2 is 1.41 bits per heavy atom. The van der Waals surface area contributed by atoms with Crippen LogP contribution in [0.3, 0.4) is 0 Å². The minimum absolute atomic E-state index is 0.00918. The number of benzene rings is 4. The summed E-state index contributed by atoms with van der Waals surface area (Å²) in [5, 5.41) is 0. The van der Waals surface area contributed by atoms with Gasteiger partial charge in [0, 0.05) is 28.0 Å². The molecule has 214 valence electrons. The standard InChI is InChI=1S/C42H36N2/c1-27-13-12-19-35-34(39-26-38(28-14-6-4-7-15-28)43-41(44-39)29-16-8-5-9-17-29)24-23-31(40(27)35)30-21-22-33-32-18-10-11-20-36(32)42(2,3)37(33)25-30/h4-12,14-20,22-27,30H,13,21H2,1-3H3. The first-order valence-corrected chi connectivity index (χ1v) is 15.9. The summed E-state index contributed by atoms with van der Waals surface area (Å²) in [6.45, 7) is 7.15. The number of hydrogen-bond donors (Lipinski definition) is 0. The molecule has 0 spiro atoms. The largest absolute Gasteiger partial charge is 0.228 e. The Hall–Kier alpha value is -4.82. The fraction of sp³-hybridized carbons (Fsp3) is 0.190. The first kappa shape index (κ1) is 26.8. The maximum absolute atomic E-state index is 5.19. The summed E-state index contributed by atoms with van der Waals surface area (Å²) in [5.74, 6) is 1.54. The molecule has 2 unspecified atom stereocenters. The highest BCUT2D eigenvalue weighted by molar-refractivity contribution is 5.91. The van der Waals surface area contributed by atoms with E-state index >= 15 is 0 Å². The number of nitrogens with zero attached hydrogens (tertiary/aromatic N) is 2.